The van der Waals surface area contributed by atoms with Crippen LogP contribution in [0.25, 0.3) is 0 Å². The standard InChI is InChI=1S/C20H33N/c1-8-21-18(14(2)3)15-9-10-16-17(13-15)20(6,7)12-11-19(16,4)5/h9-10,13-14,18,21H,8,11-12H2,1-7H3. The van der Waals surface area contributed by atoms with Gasteiger partial charge in [-0.05, 0) is 52.8 Å². The molecule has 0 aromatic heterocycles. The van der Waals surface area contributed by atoms with Crippen LogP contribution >= 0.6 is 0 Å². The molecule has 0 aliphatic heterocycles. The summed E-state index contributed by atoms with van der Waals surface area (Å²) in [6, 6.07) is 7.71. The van der Waals surface area contributed by atoms with E-state index in [2.05, 4.69) is 72.0 Å². The summed E-state index contributed by atoms with van der Waals surface area (Å²) < 4.78 is 0. The summed E-state index contributed by atoms with van der Waals surface area (Å²) in [6.45, 7) is 17.4. The van der Waals surface area contributed by atoms with Gasteiger partial charge in [0.05, 0.1) is 0 Å². The maximum absolute atomic E-state index is 3.65. The fraction of sp³-hybridized carbons (Fsp3) is 0.700. The van der Waals surface area contributed by atoms with E-state index in [1.165, 1.54) is 18.4 Å². The van der Waals surface area contributed by atoms with Gasteiger partial charge >= 0.3 is 0 Å². The molecule has 1 aromatic carbocycles. The first-order chi connectivity index (χ1) is 9.69. The second kappa shape index (κ2) is 5.76. The summed E-state index contributed by atoms with van der Waals surface area (Å²) in [4.78, 5) is 0. The highest BCUT2D eigenvalue weighted by molar-refractivity contribution is 5.44. The van der Waals surface area contributed by atoms with E-state index in [1.807, 2.05) is 0 Å². The highest BCUT2D eigenvalue weighted by Gasteiger charge is 2.37. The van der Waals surface area contributed by atoms with Gasteiger partial charge in [-0.2, -0.15) is 0 Å². The van der Waals surface area contributed by atoms with Crippen molar-refractivity contribution in [2.75, 3.05) is 6.54 Å². The molecular formula is C20H33N. The van der Waals surface area contributed by atoms with Crippen LogP contribution in [-0.2, 0) is 10.8 Å². The van der Waals surface area contributed by atoms with E-state index in [9.17, 15) is 0 Å². The van der Waals surface area contributed by atoms with Crippen molar-refractivity contribution < 1.29 is 0 Å². The first-order valence-corrected chi connectivity index (χ1v) is 8.57. The van der Waals surface area contributed by atoms with E-state index >= 15 is 0 Å². The van der Waals surface area contributed by atoms with Gasteiger partial charge in [-0.1, -0.05) is 66.7 Å². The van der Waals surface area contributed by atoms with E-state index < -0.39 is 0 Å². The zero-order valence-corrected chi connectivity index (χ0v) is 15.0. The molecular weight excluding hydrogens is 254 g/mol. The fourth-order valence-corrected chi connectivity index (χ4v) is 3.76. The molecule has 0 radical (unpaired) electrons. The highest BCUT2D eigenvalue weighted by atomic mass is 14.9. The normalized spacial score (nSPS) is 21.1. The van der Waals surface area contributed by atoms with Crippen molar-refractivity contribution in [2.24, 2.45) is 5.92 Å². The Labute approximate surface area is 131 Å². The second-order valence-corrected chi connectivity index (χ2v) is 8.35. The molecule has 1 heteroatoms. The van der Waals surface area contributed by atoms with Gasteiger partial charge in [0, 0.05) is 6.04 Å². The van der Waals surface area contributed by atoms with Gasteiger partial charge < -0.3 is 5.32 Å². The molecule has 0 fully saturated rings. The Balaban J connectivity index is 2.50. The molecule has 1 aliphatic carbocycles. The molecule has 0 saturated heterocycles. The molecule has 1 aromatic rings. The first kappa shape index (κ1) is 16.5. The third-order valence-corrected chi connectivity index (χ3v) is 5.33. The molecule has 2 rings (SSSR count). The van der Waals surface area contributed by atoms with Gasteiger partial charge in [0.1, 0.15) is 0 Å². The Morgan fingerprint density at radius 3 is 2.10 bits per heavy atom. The average molecular weight is 287 g/mol. The van der Waals surface area contributed by atoms with Crippen LogP contribution in [0.15, 0.2) is 18.2 Å². The predicted octanol–water partition coefficient (Wildman–Crippen LogP) is 5.34. The van der Waals surface area contributed by atoms with Crippen molar-refractivity contribution in [2.45, 2.75) is 78.2 Å². The molecule has 1 N–H and O–H groups in total. The molecule has 0 amide bonds. The molecule has 0 bridgehead atoms. The lowest BCUT2D eigenvalue weighted by molar-refractivity contribution is 0.330. The van der Waals surface area contributed by atoms with Crippen LogP contribution in [0.2, 0.25) is 0 Å². The number of hydrogen-bond donors (Lipinski definition) is 1. The van der Waals surface area contributed by atoms with Gasteiger partial charge in [-0.3, -0.25) is 0 Å². The fourth-order valence-electron chi connectivity index (χ4n) is 3.76. The summed E-state index contributed by atoms with van der Waals surface area (Å²) in [5, 5.41) is 3.65. The van der Waals surface area contributed by atoms with E-state index in [4.69, 9.17) is 0 Å². The molecule has 0 saturated carbocycles. The van der Waals surface area contributed by atoms with Gasteiger partial charge in [-0.25, -0.2) is 0 Å². The predicted molar refractivity (Wildman–Crippen MR) is 93.0 cm³/mol. The van der Waals surface area contributed by atoms with Crippen LogP contribution < -0.4 is 5.32 Å². The first-order valence-electron chi connectivity index (χ1n) is 8.57. The lowest BCUT2D eigenvalue weighted by Gasteiger charge is -2.42. The third-order valence-electron chi connectivity index (χ3n) is 5.33. The molecule has 1 atom stereocenters. The smallest absolute Gasteiger partial charge is 0.0343 e. The van der Waals surface area contributed by atoms with E-state index in [-0.39, 0.29) is 0 Å². The van der Waals surface area contributed by atoms with Crippen molar-refractivity contribution in [3.63, 3.8) is 0 Å². The molecule has 1 unspecified atom stereocenters. The maximum atomic E-state index is 3.65. The van der Waals surface area contributed by atoms with Gasteiger partial charge in [-0.15, -0.1) is 0 Å². The molecule has 1 nitrogen and oxygen atoms in total. The number of hydrogen-bond acceptors (Lipinski definition) is 1. The summed E-state index contributed by atoms with van der Waals surface area (Å²) in [6.07, 6.45) is 2.57. The quantitative estimate of drug-likeness (QED) is 0.788. The van der Waals surface area contributed by atoms with Crippen molar-refractivity contribution in [1.82, 2.24) is 5.32 Å². The maximum Gasteiger partial charge on any atom is 0.0343 e. The van der Waals surface area contributed by atoms with Crippen molar-refractivity contribution in [1.29, 1.82) is 0 Å². The van der Waals surface area contributed by atoms with E-state index in [0.29, 0.717) is 22.8 Å². The Hall–Kier alpha value is -0.820. The average Bonchev–Trinajstić information content (AvgIpc) is 2.41. The lowest BCUT2D eigenvalue weighted by atomic mass is 9.62. The second-order valence-electron chi connectivity index (χ2n) is 8.35. The van der Waals surface area contributed by atoms with Crippen LogP contribution in [0.1, 0.15) is 84.0 Å². The largest absolute Gasteiger partial charge is 0.310 e. The summed E-state index contributed by atoms with van der Waals surface area (Å²) in [7, 11) is 0. The third kappa shape index (κ3) is 3.18. The Morgan fingerprint density at radius 1 is 1.00 bits per heavy atom. The number of rotatable bonds is 4. The van der Waals surface area contributed by atoms with Gasteiger partial charge in [0.2, 0.25) is 0 Å². The summed E-state index contributed by atoms with van der Waals surface area (Å²) >= 11 is 0. The topological polar surface area (TPSA) is 12.0 Å². The minimum Gasteiger partial charge on any atom is -0.310 e. The summed E-state index contributed by atoms with van der Waals surface area (Å²) in [5.41, 5.74) is 5.20. The number of benzene rings is 1. The van der Waals surface area contributed by atoms with Crippen molar-refractivity contribution in [3.8, 4) is 0 Å². The van der Waals surface area contributed by atoms with Crippen LogP contribution in [0.3, 0.4) is 0 Å². The van der Waals surface area contributed by atoms with Crippen LogP contribution in [0.4, 0.5) is 0 Å². The van der Waals surface area contributed by atoms with Crippen LogP contribution in [-0.4, -0.2) is 6.54 Å². The number of nitrogens with one attached hydrogen (secondary N) is 1. The molecule has 1 aliphatic rings. The number of fused-ring (bicyclic) bond motifs is 1. The van der Waals surface area contributed by atoms with E-state index in [0.717, 1.165) is 6.54 Å². The monoisotopic (exact) mass is 287 g/mol. The highest BCUT2D eigenvalue weighted by Crippen LogP contribution is 2.46. The zero-order valence-electron chi connectivity index (χ0n) is 15.0. The van der Waals surface area contributed by atoms with Crippen LogP contribution in [0.5, 0.6) is 0 Å². The van der Waals surface area contributed by atoms with Crippen LogP contribution in [0, 0.1) is 5.92 Å². The minimum absolute atomic E-state index is 0.300. The lowest BCUT2D eigenvalue weighted by Crippen LogP contribution is -2.34. The Morgan fingerprint density at radius 2 is 1.57 bits per heavy atom. The van der Waals surface area contributed by atoms with Gasteiger partial charge in [0.25, 0.3) is 0 Å². The summed E-state index contributed by atoms with van der Waals surface area (Å²) in [5.74, 6) is 0.614. The SMILES string of the molecule is CCNC(c1ccc2c(c1)C(C)(C)CCC2(C)C)C(C)C. The van der Waals surface area contributed by atoms with Crippen molar-refractivity contribution >= 4 is 0 Å². The zero-order chi connectivity index (χ0) is 15.8. The Kier molecular flexibility index (Phi) is 4.54. The molecule has 21 heavy (non-hydrogen) atoms. The van der Waals surface area contributed by atoms with Crippen molar-refractivity contribution in [3.05, 3.63) is 34.9 Å². The molecule has 118 valence electrons. The Bertz CT molecular complexity index is 497. The van der Waals surface area contributed by atoms with E-state index in [1.54, 1.807) is 11.1 Å². The van der Waals surface area contributed by atoms with Gasteiger partial charge in [0.15, 0.2) is 0 Å². The molecule has 0 heterocycles. The molecule has 0 spiro atoms. The minimum atomic E-state index is 0.300.